The van der Waals surface area contributed by atoms with Crippen LogP contribution in [0.15, 0.2) is 16.7 Å². The van der Waals surface area contributed by atoms with Gasteiger partial charge in [0.25, 0.3) is 0 Å². The van der Waals surface area contributed by atoms with Crippen molar-refractivity contribution < 1.29 is 14.6 Å². The van der Waals surface area contributed by atoms with Crippen molar-refractivity contribution in [2.24, 2.45) is 5.92 Å². The number of rotatable bonds is 3. The number of likely N-dealkylation sites (tertiary alicyclic amines) is 1. The third-order valence-electron chi connectivity index (χ3n) is 2.80. The lowest BCUT2D eigenvalue weighted by Crippen LogP contribution is -2.27. The second-order valence-corrected chi connectivity index (χ2v) is 5.41. The summed E-state index contributed by atoms with van der Waals surface area (Å²) in [6, 6.07) is 1.75. The van der Waals surface area contributed by atoms with Crippen LogP contribution >= 0.6 is 27.5 Å². The maximum atomic E-state index is 10.8. The molecule has 7 heteroatoms. The third kappa shape index (κ3) is 3.26. The van der Waals surface area contributed by atoms with Gasteiger partial charge in [-0.25, -0.2) is 9.78 Å². The van der Waals surface area contributed by atoms with Crippen LogP contribution in [-0.2, 0) is 0 Å². The van der Waals surface area contributed by atoms with Gasteiger partial charge in [0, 0.05) is 29.7 Å². The molecule has 0 saturated carbocycles. The van der Waals surface area contributed by atoms with Crippen molar-refractivity contribution in [3.63, 3.8) is 0 Å². The Morgan fingerprint density at radius 1 is 1.72 bits per heavy atom. The minimum Gasteiger partial charge on any atom is -0.490 e. The van der Waals surface area contributed by atoms with Gasteiger partial charge in [0.1, 0.15) is 0 Å². The summed E-state index contributed by atoms with van der Waals surface area (Å²) in [5, 5.41) is 9.16. The molecular formula is C11H12BrClN2O3. The first-order valence-corrected chi connectivity index (χ1v) is 6.65. The Balaban J connectivity index is 1.89. The highest BCUT2D eigenvalue weighted by molar-refractivity contribution is 9.10. The number of amides is 1. The highest BCUT2D eigenvalue weighted by atomic mass is 79.9. The molecule has 1 fully saturated rings. The van der Waals surface area contributed by atoms with Gasteiger partial charge in [-0.3, -0.25) is 0 Å². The van der Waals surface area contributed by atoms with Crippen LogP contribution in [0.25, 0.3) is 0 Å². The maximum Gasteiger partial charge on any atom is 0.407 e. The van der Waals surface area contributed by atoms with Crippen molar-refractivity contribution in [2.45, 2.75) is 6.42 Å². The summed E-state index contributed by atoms with van der Waals surface area (Å²) in [4.78, 5) is 16.1. The van der Waals surface area contributed by atoms with Crippen LogP contribution < -0.4 is 4.74 Å². The number of hydrogen-bond donors (Lipinski definition) is 1. The average Bonchev–Trinajstić information content (AvgIpc) is 2.79. The molecule has 1 aromatic heterocycles. The van der Waals surface area contributed by atoms with Gasteiger partial charge in [0.05, 0.1) is 6.61 Å². The summed E-state index contributed by atoms with van der Waals surface area (Å²) in [5.74, 6) is 0.718. The zero-order valence-corrected chi connectivity index (χ0v) is 11.8. The number of halogens is 2. The zero-order chi connectivity index (χ0) is 13.1. The van der Waals surface area contributed by atoms with Crippen LogP contribution in [0.5, 0.6) is 5.75 Å². The lowest BCUT2D eigenvalue weighted by atomic mass is 10.1. The Morgan fingerprint density at radius 2 is 2.50 bits per heavy atom. The van der Waals surface area contributed by atoms with Crippen LogP contribution in [0.2, 0.25) is 5.15 Å². The van der Waals surface area contributed by atoms with Crippen LogP contribution in [0, 0.1) is 5.92 Å². The fourth-order valence-corrected chi connectivity index (χ4v) is 2.32. The molecule has 1 N–H and O–H groups in total. The molecule has 2 heterocycles. The monoisotopic (exact) mass is 334 g/mol. The lowest BCUT2D eigenvalue weighted by molar-refractivity contribution is 0.151. The molecule has 1 aliphatic heterocycles. The van der Waals surface area contributed by atoms with Crippen LogP contribution in [-0.4, -0.2) is 40.8 Å². The van der Waals surface area contributed by atoms with E-state index in [4.69, 9.17) is 21.4 Å². The van der Waals surface area contributed by atoms with Crippen molar-refractivity contribution in [3.05, 3.63) is 21.9 Å². The molecule has 98 valence electrons. The van der Waals surface area contributed by atoms with E-state index in [9.17, 15) is 4.79 Å². The maximum absolute atomic E-state index is 10.8. The lowest BCUT2D eigenvalue weighted by Gasteiger charge is -2.13. The van der Waals surface area contributed by atoms with Gasteiger partial charge in [0.2, 0.25) is 0 Å². The number of carbonyl (C=O) groups is 1. The van der Waals surface area contributed by atoms with E-state index < -0.39 is 6.09 Å². The van der Waals surface area contributed by atoms with E-state index in [1.165, 1.54) is 4.90 Å². The number of aromatic nitrogens is 1. The van der Waals surface area contributed by atoms with Gasteiger partial charge in [-0.2, -0.15) is 0 Å². The summed E-state index contributed by atoms with van der Waals surface area (Å²) >= 11 is 9.19. The summed E-state index contributed by atoms with van der Waals surface area (Å²) in [5.41, 5.74) is 0. The molecule has 1 saturated heterocycles. The average molecular weight is 336 g/mol. The van der Waals surface area contributed by atoms with Crippen molar-refractivity contribution in [1.82, 2.24) is 9.88 Å². The number of hydrogen-bond acceptors (Lipinski definition) is 3. The Kier molecular flexibility index (Phi) is 4.29. The standard InChI is InChI=1S/C11H12BrClN2O3/c12-8-3-9(10(13)14-4-8)18-6-7-1-2-15(5-7)11(16)17/h3-4,7H,1-2,5-6H2,(H,16,17)/t7-/m1/s1. The summed E-state index contributed by atoms with van der Waals surface area (Å²) in [6.45, 7) is 1.52. The molecule has 1 atom stereocenters. The molecule has 1 aromatic rings. The van der Waals surface area contributed by atoms with Gasteiger partial charge >= 0.3 is 6.09 Å². The van der Waals surface area contributed by atoms with Gasteiger partial charge in [-0.05, 0) is 28.4 Å². The third-order valence-corrected chi connectivity index (χ3v) is 3.52. The number of ether oxygens (including phenoxy) is 1. The summed E-state index contributed by atoms with van der Waals surface area (Å²) in [7, 11) is 0. The van der Waals surface area contributed by atoms with Crippen LogP contribution in [0.4, 0.5) is 4.79 Å². The first kappa shape index (κ1) is 13.4. The largest absolute Gasteiger partial charge is 0.490 e. The molecule has 0 radical (unpaired) electrons. The van der Waals surface area contributed by atoms with E-state index in [1.54, 1.807) is 12.3 Å². The Bertz CT molecular complexity index is 458. The van der Waals surface area contributed by atoms with Crippen molar-refractivity contribution in [1.29, 1.82) is 0 Å². The zero-order valence-electron chi connectivity index (χ0n) is 9.47. The molecule has 1 aliphatic rings. The molecule has 0 aliphatic carbocycles. The number of nitrogens with zero attached hydrogens (tertiary/aromatic N) is 2. The van der Waals surface area contributed by atoms with E-state index in [0.29, 0.717) is 30.6 Å². The highest BCUT2D eigenvalue weighted by Gasteiger charge is 2.26. The van der Waals surface area contributed by atoms with Crippen molar-refractivity contribution >= 4 is 33.6 Å². The second-order valence-electron chi connectivity index (χ2n) is 4.14. The predicted octanol–water partition coefficient (Wildman–Crippen LogP) is 2.88. The normalized spacial score (nSPS) is 19.0. The van der Waals surface area contributed by atoms with Gasteiger partial charge in [-0.1, -0.05) is 11.6 Å². The fourth-order valence-electron chi connectivity index (χ4n) is 1.86. The van der Waals surface area contributed by atoms with E-state index in [1.807, 2.05) is 0 Å². The molecule has 0 aromatic carbocycles. The molecule has 0 bridgehead atoms. The first-order valence-electron chi connectivity index (χ1n) is 5.48. The van der Waals surface area contributed by atoms with E-state index in [0.717, 1.165) is 10.9 Å². The molecule has 2 rings (SSSR count). The second kappa shape index (κ2) is 5.75. The van der Waals surface area contributed by atoms with Gasteiger partial charge in [-0.15, -0.1) is 0 Å². The summed E-state index contributed by atoms with van der Waals surface area (Å²) < 4.78 is 6.38. The van der Waals surface area contributed by atoms with Crippen molar-refractivity contribution in [3.8, 4) is 5.75 Å². The Morgan fingerprint density at radius 3 is 3.17 bits per heavy atom. The molecule has 5 nitrogen and oxygen atoms in total. The SMILES string of the molecule is O=C(O)N1CC[C@@H](COc2cc(Br)cnc2Cl)C1. The molecule has 0 spiro atoms. The number of pyridine rings is 1. The smallest absolute Gasteiger partial charge is 0.407 e. The first-order chi connectivity index (χ1) is 8.56. The molecular weight excluding hydrogens is 323 g/mol. The Hall–Kier alpha value is -1.01. The van der Waals surface area contributed by atoms with Crippen LogP contribution in [0.3, 0.4) is 0 Å². The fraction of sp³-hybridized carbons (Fsp3) is 0.455. The van der Waals surface area contributed by atoms with E-state index in [2.05, 4.69) is 20.9 Å². The number of carboxylic acid groups (broad SMARTS) is 1. The Labute approximate surface area is 118 Å². The van der Waals surface area contributed by atoms with Gasteiger partial charge in [0.15, 0.2) is 10.9 Å². The van der Waals surface area contributed by atoms with Gasteiger partial charge < -0.3 is 14.7 Å². The topological polar surface area (TPSA) is 62.7 Å². The molecule has 1 amide bonds. The molecule has 0 unspecified atom stereocenters. The van der Waals surface area contributed by atoms with Crippen LogP contribution in [0.1, 0.15) is 6.42 Å². The minimum absolute atomic E-state index is 0.205. The van der Waals surface area contributed by atoms with E-state index >= 15 is 0 Å². The molecule has 18 heavy (non-hydrogen) atoms. The highest BCUT2D eigenvalue weighted by Crippen LogP contribution is 2.26. The van der Waals surface area contributed by atoms with Crippen molar-refractivity contribution in [2.75, 3.05) is 19.7 Å². The van der Waals surface area contributed by atoms with E-state index in [-0.39, 0.29) is 5.92 Å². The summed E-state index contributed by atoms with van der Waals surface area (Å²) in [6.07, 6.45) is 1.53. The predicted molar refractivity (Wildman–Crippen MR) is 70.1 cm³/mol. The quantitative estimate of drug-likeness (QED) is 0.863. The minimum atomic E-state index is -0.875.